The molecule has 8 nitrogen and oxygen atoms in total. The van der Waals surface area contributed by atoms with Crippen LogP contribution in [0.3, 0.4) is 0 Å². The van der Waals surface area contributed by atoms with Crippen molar-refractivity contribution >= 4 is 23.4 Å². The fourth-order valence-electron chi connectivity index (χ4n) is 8.81. The van der Waals surface area contributed by atoms with Crippen LogP contribution in [0.25, 0.3) is 11.3 Å². The molecule has 0 bridgehead atoms. The number of fused-ring (bicyclic) bond motifs is 3. The van der Waals surface area contributed by atoms with Crippen molar-refractivity contribution in [1.29, 1.82) is 0 Å². The van der Waals surface area contributed by atoms with Gasteiger partial charge in [0.05, 0.1) is 11.5 Å². The summed E-state index contributed by atoms with van der Waals surface area (Å²) in [4.78, 5) is 48.9. The number of hydrogen-bond donors (Lipinski definition) is 1. The third kappa shape index (κ3) is 6.48. The topological polar surface area (TPSA) is 86.1 Å². The second-order valence-electron chi connectivity index (χ2n) is 15.2. The number of carbonyl (C=O) groups excluding carboxylic acids is 3. The van der Waals surface area contributed by atoms with E-state index in [0.717, 1.165) is 71.4 Å². The van der Waals surface area contributed by atoms with E-state index in [0.29, 0.717) is 49.3 Å². The minimum absolute atomic E-state index is 0.00266. The van der Waals surface area contributed by atoms with Gasteiger partial charge in [0.15, 0.2) is 0 Å². The predicted molar refractivity (Wildman–Crippen MR) is 212 cm³/mol. The van der Waals surface area contributed by atoms with Crippen LogP contribution in [-0.4, -0.2) is 56.8 Å². The van der Waals surface area contributed by atoms with Crippen LogP contribution in [0.5, 0.6) is 5.75 Å². The summed E-state index contributed by atoms with van der Waals surface area (Å²) in [6, 6.07) is 31.3. The minimum Gasteiger partial charge on any atom is -0.508 e. The summed E-state index contributed by atoms with van der Waals surface area (Å²) in [7, 11) is 1.76. The van der Waals surface area contributed by atoms with Crippen molar-refractivity contribution in [2.75, 3.05) is 18.5 Å². The second kappa shape index (κ2) is 14.7. The lowest BCUT2D eigenvalue weighted by Gasteiger charge is -2.36. The number of hydrogen-bond acceptors (Lipinski definition) is 4. The molecule has 0 radical (unpaired) electrons. The van der Waals surface area contributed by atoms with Gasteiger partial charge >= 0.3 is 0 Å². The Hall–Kier alpha value is -5.63. The van der Waals surface area contributed by atoms with E-state index in [1.54, 1.807) is 36.2 Å². The zero-order valence-electron chi connectivity index (χ0n) is 31.4. The zero-order valence-corrected chi connectivity index (χ0v) is 31.4. The molecule has 4 heterocycles. The van der Waals surface area contributed by atoms with E-state index in [4.69, 9.17) is 0 Å². The zero-order chi connectivity index (χ0) is 37.5. The summed E-state index contributed by atoms with van der Waals surface area (Å²) in [6.07, 6.45) is 4.93. The van der Waals surface area contributed by atoms with Gasteiger partial charge in [-0.15, -0.1) is 0 Å². The van der Waals surface area contributed by atoms with Crippen molar-refractivity contribution in [1.82, 2.24) is 14.4 Å². The lowest BCUT2D eigenvalue weighted by atomic mass is 9.88. The first-order chi connectivity index (χ1) is 26.2. The molecule has 3 aliphatic rings. The molecule has 2 atom stereocenters. The number of phenolic OH excluding ortho intramolecular Hbond substituents is 1. The molecule has 1 aromatic heterocycles. The SMILES string of the molecule is CCC(C(=O)N1CCc2cc(-c3cc(C(=O)N(C)c4ccc(O)cc4)c4n3CCCC4)c(C(=O)N3Cc4ccccc4C[C@H]3C)cc2C1)c1ccccc1. The van der Waals surface area contributed by atoms with Crippen LogP contribution >= 0.6 is 0 Å². The molecule has 8 heteroatoms. The van der Waals surface area contributed by atoms with E-state index < -0.39 is 0 Å². The van der Waals surface area contributed by atoms with Gasteiger partial charge in [0.2, 0.25) is 5.91 Å². The van der Waals surface area contributed by atoms with E-state index >= 15 is 4.79 Å². The first-order valence-electron chi connectivity index (χ1n) is 19.4. The maximum atomic E-state index is 15.0. The van der Waals surface area contributed by atoms with Gasteiger partial charge in [-0.3, -0.25) is 14.4 Å². The highest BCUT2D eigenvalue weighted by molar-refractivity contribution is 6.08. The Labute approximate surface area is 317 Å². The number of rotatable bonds is 7. The first-order valence-corrected chi connectivity index (χ1v) is 19.4. The average Bonchev–Trinajstić information content (AvgIpc) is 3.59. The Morgan fingerprint density at radius 2 is 1.54 bits per heavy atom. The van der Waals surface area contributed by atoms with Gasteiger partial charge < -0.3 is 24.4 Å². The lowest BCUT2D eigenvalue weighted by Crippen LogP contribution is -2.43. The van der Waals surface area contributed by atoms with Crippen LogP contribution in [0.4, 0.5) is 5.69 Å². The Kier molecular flexibility index (Phi) is 9.61. The maximum Gasteiger partial charge on any atom is 0.259 e. The van der Waals surface area contributed by atoms with Crippen molar-refractivity contribution in [3.63, 3.8) is 0 Å². The van der Waals surface area contributed by atoms with Crippen molar-refractivity contribution in [3.8, 4) is 17.0 Å². The average molecular weight is 721 g/mol. The van der Waals surface area contributed by atoms with Gasteiger partial charge in [0.25, 0.3) is 11.8 Å². The Balaban J connectivity index is 1.21. The molecule has 5 aromatic rings. The maximum absolute atomic E-state index is 15.0. The van der Waals surface area contributed by atoms with Crippen molar-refractivity contribution in [2.24, 2.45) is 0 Å². The molecule has 3 aliphatic heterocycles. The van der Waals surface area contributed by atoms with E-state index in [-0.39, 0.29) is 35.4 Å². The number of carbonyl (C=O) groups is 3. The molecule has 3 amide bonds. The largest absolute Gasteiger partial charge is 0.508 e. The highest BCUT2D eigenvalue weighted by Gasteiger charge is 2.34. The van der Waals surface area contributed by atoms with Gasteiger partial charge in [-0.1, -0.05) is 61.5 Å². The molecule has 1 N–H and O–H groups in total. The summed E-state index contributed by atoms with van der Waals surface area (Å²) in [5, 5.41) is 9.86. The molecule has 4 aromatic carbocycles. The summed E-state index contributed by atoms with van der Waals surface area (Å²) < 4.78 is 2.26. The molecule has 54 heavy (non-hydrogen) atoms. The monoisotopic (exact) mass is 720 g/mol. The first kappa shape index (κ1) is 35.4. The van der Waals surface area contributed by atoms with E-state index in [1.165, 1.54) is 5.56 Å². The lowest BCUT2D eigenvalue weighted by molar-refractivity contribution is -0.133. The van der Waals surface area contributed by atoms with Crippen molar-refractivity contribution in [3.05, 3.63) is 142 Å². The van der Waals surface area contributed by atoms with Gasteiger partial charge in [-0.25, -0.2) is 0 Å². The standard InChI is InChI=1S/C46H48N4O4/c1-4-38(31-12-6-5-7-13-31)45(53)48-23-21-33-25-39(40(26-35(33)28-48)46(54)50-29-34-15-9-8-14-32(34)24-30(50)2)43-27-41(42-16-10-11-22-49(42)43)44(52)47(3)36-17-19-37(51)20-18-36/h5-9,12-15,17-20,25-27,30,38,51H,4,10-11,16,21-24,28-29H2,1-3H3/t30-,38?/m1/s1. The van der Waals surface area contributed by atoms with Gasteiger partial charge in [0.1, 0.15) is 5.75 Å². The number of aromatic hydroxyl groups is 1. The molecule has 1 unspecified atom stereocenters. The van der Waals surface area contributed by atoms with E-state index in [9.17, 15) is 14.7 Å². The predicted octanol–water partition coefficient (Wildman–Crippen LogP) is 8.14. The summed E-state index contributed by atoms with van der Waals surface area (Å²) >= 11 is 0. The van der Waals surface area contributed by atoms with E-state index in [1.807, 2.05) is 52.3 Å². The molecule has 0 saturated heterocycles. The van der Waals surface area contributed by atoms with Gasteiger partial charge in [-0.2, -0.15) is 0 Å². The van der Waals surface area contributed by atoms with Crippen LogP contribution < -0.4 is 4.90 Å². The van der Waals surface area contributed by atoms with Crippen LogP contribution in [0, 0.1) is 0 Å². The summed E-state index contributed by atoms with van der Waals surface area (Å²) in [6.45, 7) is 6.53. The normalized spacial score (nSPS) is 16.9. The molecule has 0 saturated carbocycles. The number of benzene rings is 4. The molecule has 0 fully saturated rings. The highest BCUT2D eigenvalue weighted by Crippen LogP contribution is 2.38. The number of anilines is 1. The minimum atomic E-state index is -0.217. The summed E-state index contributed by atoms with van der Waals surface area (Å²) in [5.41, 5.74) is 10.3. The molecular formula is C46H48N4O4. The molecule has 8 rings (SSSR count). The van der Waals surface area contributed by atoms with Crippen LogP contribution in [0.15, 0.2) is 97.1 Å². The van der Waals surface area contributed by atoms with Crippen molar-refractivity contribution in [2.45, 2.75) is 84.0 Å². The second-order valence-corrected chi connectivity index (χ2v) is 15.2. The molecule has 0 aliphatic carbocycles. The number of amides is 3. The molecular weight excluding hydrogens is 673 g/mol. The highest BCUT2D eigenvalue weighted by atomic mass is 16.3. The van der Waals surface area contributed by atoms with E-state index in [2.05, 4.69) is 48.7 Å². The van der Waals surface area contributed by atoms with Crippen molar-refractivity contribution < 1.29 is 19.5 Å². The Morgan fingerprint density at radius 3 is 2.30 bits per heavy atom. The quantitative estimate of drug-likeness (QED) is 0.184. The Bertz CT molecular complexity index is 2220. The fraction of sp³-hybridized carbons (Fsp3) is 0.326. The number of nitrogens with zero attached hydrogens (tertiary/aromatic N) is 4. The number of phenols is 1. The number of aromatic nitrogens is 1. The smallest absolute Gasteiger partial charge is 0.259 e. The van der Waals surface area contributed by atoms with Gasteiger partial charge in [-0.05, 0) is 116 Å². The van der Waals surface area contributed by atoms with Crippen LogP contribution in [0.2, 0.25) is 0 Å². The van der Waals surface area contributed by atoms with Crippen LogP contribution in [0.1, 0.15) is 93.3 Å². The third-order valence-electron chi connectivity index (χ3n) is 11.9. The Morgan fingerprint density at radius 1 is 0.796 bits per heavy atom. The fourth-order valence-corrected chi connectivity index (χ4v) is 8.81. The van der Waals surface area contributed by atoms with Crippen LogP contribution in [-0.2, 0) is 43.7 Å². The van der Waals surface area contributed by atoms with Gasteiger partial charge in [0, 0.05) is 67.5 Å². The summed E-state index contributed by atoms with van der Waals surface area (Å²) in [5.74, 6) is -0.107. The molecule has 276 valence electrons. The third-order valence-corrected chi connectivity index (χ3v) is 11.9. The molecule has 0 spiro atoms.